The van der Waals surface area contributed by atoms with Crippen molar-refractivity contribution in [3.8, 4) is 11.5 Å². The van der Waals surface area contributed by atoms with E-state index in [4.69, 9.17) is 9.47 Å². The van der Waals surface area contributed by atoms with Crippen molar-refractivity contribution in [1.82, 2.24) is 5.32 Å². The van der Waals surface area contributed by atoms with Gasteiger partial charge in [-0.1, -0.05) is 6.92 Å². The van der Waals surface area contributed by atoms with Crippen molar-refractivity contribution in [2.45, 2.75) is 44.4 Å². The van der Waals surface area contributed by atoms with Crippen LogP contribution in [0.25, 0.3) is 0 Å². The highest BCUT2D eigenvalue weighted by Gasteiger charge is 2.28. The lowest BCUT2D eigenvalue weighted by Crippen LogP contribution is -2.25. The zero-order valence-corrected chi connectivity index (χ0v) is 11.3. The van der Waals surface area contributed by atoms with E-state index in [9.17, 15) is 5.11 Å². The Kier molecular flexibility index (Phi) is 3.62. The molecule has 3 unspecified atom stereocenters. The molecule has 1 saturated carbocycles. The maximum absolute atomic E-state index is 9.79. The van der Waals surface area contributed by atoms with E-state index in [1.54, 1.807) is 0 Å². The van der Waals surface area contributed by atoms with Crippen molar-refractivity contribution < 1.29 is 14.6 Å². The minimum atomic E-state index is -0.330. The van der Waals surface area contributed by atoms with Gasteiger partial charge in [0.1, 0.15) is 24.2 Å². The van der Waals surface area contributed by atoms with Crippen LogP contribution >= 0.6 is 0 Å². The Bertz CT molecular complexity index is 449. The highest BCUT2D eigenvalue weighted by Crippen LogP contribution is 2.36. The summed E-state index contributed by atoms with van der Waals surface area (Å²) in [5.41, 5.74) is 1.20. The molecule has 1 aliphatic heterocycles. The summed E-state index contributed by atoms with van der Waals surface area (Å²) in [6.07, 6.45) is 2.41. The van der Waals surface area contributed by atoms with E-state index in [0.717, 1.165) is 37.3 Å². The van der Waals surface area contributed by atoms with Crippen LogP contribution in [0.4, 0.5) is 0 Å². The Hall–Kier alpha value is -1.26. The molecule has 1 aromatic carbocycles. The maximum atomic E-state index is 9.79. The van der Waals surface area contributed by atoms with Crippen molar-refractivity contribution in [3.05, 3.63) is 23.8 Å². The highest BCUT2D eigenvalue weighted by molar-refractivity contribution is 5.45. The number of aliphatic hydroxyl groups is 1. The normalized spacial score (nSPS) is 29.1. The van der Waals surface area contributed by atoms with Gasteiger partial charge >= 0.3 is 0 Å². The van der Waals surface area contributed by atoms with Gasteiger partial charge in [0.2, 0.25) is 0 Å². The third kappa shape index (κ3) is 2.55. The average molecular weight is 263 g/mol. The van der Waals surface area contributed by atoms with Crippen molar-refractivity contribution in [2.24, 2.45) is 0 Å². The zero-order valence-electron chi connectivity index (χ0n) is 11.3. The molecule has 4 heteroatoms. The third-order valence-corrected chi connectivity index (χ3v) is 3.92. The van der Waals surface area contributed by atoms with Crippen LogP contribution in [-0.2, 0) is 0 Å². The summed E-state index contributed by atoms with van der Waals surface area (Å²) >= 11 is 0. The van der Waals surface area contributed by atoms with Crippen LogP contribution in [0.1, 0.15) is 37.8 Å². The molecule has 4 nitrogen and oxygen atoms in total. The molecular weight excluding hydrogens is 242 g/mol. The zero-order chi connectivity index (χ0) is 13.2. The second-order valence-corrected chi connectivity index (χ2v) is 5.28. The molecule has 0 saturated heterocycles. The SMILES string of the molecule is CCNC1COc2cc(OC3CCCC3O)ccc21. The second-order valence-electron chi connectivity index (χ2n) is 5.28. The van der Waals surface area contributed by atoms with Crippen LogP contribution in [0.15, 0.2) is 18.2 Å². The van der Waals surface area contributed by atoms with E-state index in [-0.39, 0.29) is 18.2 Å². The standard InChI is InChI=1S/C15H21NO3/c1-2-16-12-9-18-15-8-10(6-7-11(12)15)19-14-5-3-4-13(14)17/h6-8,12-14,16-17H,2-5,9H2,1H3. The maximum Gasteiger partial charge on any atom is 0.128 e. The minimum absolute atomic E-state index is 0.0657. The number of likely N-dealkylation sites (N-methyl/N-ethyl adjacent to an activating group) is 1. The van der Waals surface area contributed by atoms with E-state index in [1.165, 1.54) is 5.56 Å². The third-order valence-electron chi connectivity index (χ3n) is 3.92. The van der Waals surface area contributed by atoms with Gasteiger partial charge in [0.25, 0.3) is 0 Å². The average Bonchev–Trinajstić information content (AvgIpc) is 2.98. The predicted octanol–water partition coefficient (Wildman–Crippen LogP) is 2.02. The number of hydrogen-bond acceptors (Lipinski definition) is 4. The topological polar surface area (TPSA) is 50.7 Å². The summed E-state index contributed by atoms with van der Waals surface area (Å²) in [5, 5.41) is 13.2. The minimum Gasteiger partial charge on any atom is -0.491 e. The fourth-order valence-corrected chi connectivity index (χ4v) is 2.90. The quantitative estimate of drug-likeness (QED) is 0.872. The molecule has 2 N–H and O–H groups in total. The number of nitrogens with one attached hydrogen (secondary N) is 1. The van der Waals surface area contributed by atoms with Crippen molar-refractivity contribution in [3.63, 3.8) is 0 Å². The van der Waals surface area contributed by atoms with Gasteiger partial charge in [0.15, 0.2) is 0 Å². The number of rotatable bonds is 4. The second kappa shape index (κ2) is 5.39. The molecule has 0 aromatic heterocycles. The Morgan fingerprint density at radius 3 is 3.05 bits per heavy atom. The molecule has 1 aromatic rings. The lowest BCUT2D eigenvalue weighted by atomic mass is 10.1. The lowest BCUT2D eigenvalue weighted by Gasteiger charge is -2.17. The van der Waals surface area contributed by atoms with Gasteiger partial charge in [-0.2, -0.15) is 0 Å². The first kappa shape index (κ1) is 12.8. The van der Waals surface area contributed by atoms with E-state index >= 15 is 0 Å². The van der Waals surface area contributed by atoms with Crippen LogP contribution in [-0.4, -0.2) is 30.5 Å². The fraction of sp³-hybridized carbons (Fsp3) is 0.600. The summed E-state index contributed by atoms with van der Waals surface area (Å²) in [6, 6.07) is 6.26. The first-order valence-electron chi connectivity index (χ1n) is 7.12. The van der Waals surface area contributed by atoms with Gasteiger partial charge in [-0.15, -0.1) is 0 Å². The van der Waals surface area contributed by atoms with E-state index in [0.29, 0.717) is 6.61 Å². The Morgan fingerprint density at radius 1 is 1.42 bits per heavy atom. The van der Waals surface area contributed by atoms with Gasteiger partial charge in [0, 0.05) is 11.6 Å². The molecule has 1 fully saturated rings. The molecule has 2 aliphatic rings. The first-order valence-corrected chi connectivity index (χ1v) is 7.12. The number of benzene rings is 1. The Balaban J connectivity index is 1.72. The molecule has 19 heavy (non-hydrogen) atoms. The number of fused-ring (bicyclic) bond motifs is 1. The number of aliphatic hydroxyl groups excluding tert-OH is 1. The molecule has 3 rings (SSSR count). The summed E-state index contributed by atoms with van der Waals surface area (Å²) in [6.45, 7) is 3.70. The molecule has 1 aliphatic carbocycles. The van der Waals surface area contributed by atoms with Crippen molar-refractivity contribution in [2.75, 3.05) is 13.2 Å². The molecule has 1 heterocycles. The van der Waals surface area contributed by atoms with Crippen LogP contribution in [0, 0.1) is 0 Å². The molecular formula is C15H21NO3. The summed E-state index contributed by atoms with van der Waals surface area (Å²) < 4.78 is 11.5. The number of ether oxygens (including phenoxy) is 2. The molecule has 104 valence electrons. The summed E-state index contributed by atoms with van der Waals surface area (Å²) in [4.78, 5) is 0. The lowest BCUT2D eigenvalue weighted by molar-refractivity contribution is 0.0602. The molecule has 0 bridgehead atoms. The van der Waals surface area contributed by atoms with E-state index < -0.39 is 0 Å². The molecule has 0 spiro atoms. The Labute approximate surface area is 113 Å². The van der Waals surface area contributed by atoms with Crippen molar-refractivity contribution >= 4 is 0 Å². The van der Waals surface area contributed by atoms with Crippen LogP contribution in [0.5, 0.6) is 11.5 Å². The number of hydrogen-bond donors (Lipinski definition) is 2. The van der Waals surface area contributed by atoms with Crippen LogP contribution < -0.4 is 14.8 Å². The monoisotopic (exact) mass is 263 g/mol. The van der Waals surface area contributed by atoms with Gasteiger partial charge < -0.3 is 19.9 Å². The molecule has 0 amide bonds. The first-order chi connectivity index (χ1) is 9.28. The van der Waals surface area contributed by atoms with Crippen LogP contribution in [0.2, 0.25) is 0 Å². The van der Waals surface area contributed by atoms with Gasteiger partial charge in [-0.3, -0.25) is 0 Å². The fourth-order valence-electron chi connectivity index (χ4n) is 2.90. The largest absolute Gasteiger partial charge is 0.491 e. The molecule has 0 radical (unpaired) electrons. The molecule has 3 atom stereocenters. The Morgan fingerprint density at radius 2 is 2.32 bits per heavy atom. The van der Waals surface area contributed by atoms with Gasteiger partial charge in [0.05, 0.1) is 12.1 Å². The van der Waals surface area contributed by atoms with Gasteiger partial charge in [-0.05, 0) is 37.9 Å². The van der Waals surface area contributed by atoms with E-state index in [2.05, 4.69) is 18.3 Å². The predicted molar refractivity (Wildman–Crippen MR) is 72.6 cm³/mol. The smallest absolute Gasteiger partial charge is 0.128 e. The van der Waals surface area contributed by atoms with Gasteiger partial charge in [-0.25, -0.2) is 0 Å². The highest BCUT2D eigenvalue weighted by atomic mass is 16.5. The van der Waals surface area contributed by atoms with E-state index in [1.807, 2.05) is 12.1 Å². The summed E-state index contributed by atoms with van der Waals surface area (Å²) in [5.74, 6) is 1.69. The van der Waals surface area contributed by atoms with Crippen molar-refractivity contribution in [1.29, 1.82) is 0 Å². The van der Waals surface area contributed by atoms with Crippen LogP contribution in [0.3, 0.4) is 0 Å². The summed E-state index contributed by atoms with van der Waals surface area (Å²) in [7, 11) is 0.